The maximum atomic E-state index is 13.3. The average molecular weight is 439 g/mol. The van der Waals surface area contributed by atoms with Crippen molar-refractivity contribution in [1.29, 1.82) is 0 Å². The van der Waals surface area contributed by atoms with Crippen molar-refractivity contribution < 1.29 is 22.7 Å². The Morgan fingerprint density at radius 2 is 1.81 bits per heavy atom. The Morgan fingerprint density at radius 3 is 2.68 bits per heavy atom. The third kappa shape index (κ3) is 3.73. The maximum Gasteiger partial charge on any atom is 0.243 e. The molecule has 160 valence electrons. The molecule has 0 radical (unpaired) electrons. The van der Waals surface area contributed by atoms with Gasteiger partial charge in [-0.15, -0.1) is 0 Å². The minimum Gasteiger partial charge on any atom is -0.454 e. The third-order valence-corrected chi connectivity index (χ3v) is 7.64. The summed E-state index contributed by atoms with van der Waals surface area (Å²) in [5, 5.41) is 4.70. The normalized spacial score (nSPS) is 18.4. The van der Waals surface area contributed by atoms with Gasteiger partial charge in [0.25, 0.3) is 0 Å². The van der Waals surface area contributed by atoms with Crippen LogP contribution in [0.2, 0.25) is 0 Å². The van der Waals surface area contributed by atoms with E-state index in [4.69, 9.17) is 9.47 Å². The molecular weight excluding hydrogens is 416 g/mol. The molecule has 1 saturated heterocycles. The first-order valence-corrected chi connectivity index (χ1v) is 11.6. The lowest BCUT2D eigenvalue weighted by molar-refractivity contribution is -0.124. The summed E-state index contributed by atoms with van der Waals surface area (Å²) in [5.74, 6) is 1.03. The highest BCUT2D eigenvalue weighted by Gasteiger charge is 2.39. The third-order valence-electron chi connectivity index (χ3n) is 5.74. The number of rotatable bonds is 5. The molecule has 3 aromatic rings. The van der Waals surface area contributed by atoms with Gasteiger partial charge in [0.2, 0.25) is 22.7 Å². The van der Waals surface area contributed by atoms with Gasteiger partial charge in [0.15, 0.2) is 11.5 Å². The zero-order chi connectivity index (χ0) is 21.4. The lowest BCUT2D eigenvalue weighted by Crippen LogP contribution is -2.45. The summed E-state index contributed by atoms with van der Waals surface area (Å²) in [4.78, 5) is 13.1. The molecule has 1 amide bonds. The second-order valence-electron chi connectivity index (χ2n) is 7.69. The molecule has 3 aromatic carbocycles. The number of carbonyl (C=O) groups excluding carboxylic acids is 1. The zero-order valence-electron chi connectivity index (χ0n) is 16.8. The molecule has 2 aliphatic heterocycles. The predicted molar refractivity (Wildman–Crippen MR) is 115 cm³/mol. The van der Waals surface area contributed by atoms with Gasteiger partial charge in [-0.2, -0.15) is 4.31 Å². The number of fused-ring (bicyclic) bond motifs is 2. The number of nitrogens with zero attached hydrogens (tertiary/aromatic N) is 1. The second kappa shape index (κ2) is 7.86. The molecule has 0 bridgehead atoms. The second-order valence-corrected chi connectivity index (χ2v) is 9.58. The largest absolute Gasteiger partial charge is 0.454 e. The first-order chi connectivity index (χ1) is 15.0. The Hall–Kier alpha value is -3.10. The van der Waals surface area contributed by atoms with E-state index in [2.05, 4.69) is 5.32 Å². The van der Waals surface area contributed by atoms with Crippen LogP contribution in [0.5, 0.6) is 11.5 Å². The molecule has 0 spiro atoms. The van der Waals surface area contributed by atoms with Crippen LogP contribution in [0.1, 0.15) is 18.4 Å². The van der Waals surface area contributed by atoms with E-state index in [1.807, 2.05) is 36.4 Å². The summed E-state index contributed by atoms with van der Waals surface area (Å²) in [6.45, 7) is 0.807. The summed E-state index contributed by atoms with van der Waals surface area (Å²) in [5.41, 5.74) is 0.861. The van der Waals surface area contributed by atoms with E-state index in [1.165, 1.54) is 4.31 Å². The van der Waals surface area contributed by atoms with Gasteiger partial charge >= 0.3 is 0 Å². The number of hydrogen-bond donors (Lipinski definition) is 1. The smallest absolute Gasteiger partial charge is 0.243 e. The van der Waals surface area contributed by atoms with Gasteiger partial charge in [0.05, 0.1) is 4.90 Å². The number of ether oxygens (including phenoxy) is 2. The molecule has 1 N–H and O–H groups in total. The Balaban J connectivity index is 1.32. The molecule has 0 unspecified atom stereocenters. The minimum absolute atomic E-state index is 0.189. The van der Waals surface area contributed by atoms with Gasteiger partial charge in [0, 0.05) is 13.1 Å². The standard InChI is InChI=1S/C23H22N2O5S/c26-23(24-14-16-7-10-21-22(12-16)30-15-29-21)20-6-3-11-25(20)31(27,28)19-9-8-17-4-1-2-5-18(17)13-19/h1-2,4-5,7-10,12-13,20H,3,6,11,14-15H2,(H,24,26)/t20-/m1/s1. The molecule has 0 aromatic heterocycles. The molecule has 0 aliphatic carbocycles. The van der Waals surface area contributed by atoms with Crippen molar-refractivity contribution in [3.63, 3.8) is 0 Å². The highest BCUT2D eigenvalue weighted by Crippen LogP contribution is 2.32. The van der Waals surface area contributed by atoms with Crippen LogP contribution < -0.4 is 14.8 Å². The van der Waals surface area contributed by atoms with Crippen molar-refractivity contribution in [2.75, 3.05) is 13.3 Å². The van der Waals surface area contributed by atoms with E-state index in [0.717, 1.165) is 16.3 Å². The average Bonchev–Trinajstić information content (AvgIpc) is 3.46. The molecule has 1 atom stereocenters. The number of benzene rings is 3. The van der Waals surface area contributed by atoms with Crippen LogP contribution in [0.25, 0.3) is 10.8 Å². The summed E-state index contributed by atoms with van der Waals surface area (Å²) in [6.07, 6.45) is 1.15. The van der Waals surface area contributed by atoms with Crippen molar-refractivity contribution in [3.8, 4) is 11.5 Å². The maximum absolute atomic E-state index is 13.3. The fraction of sp³-hybridized carbons (Fsp3) is 0.261. The van der Waals surface area contributed by atoms with Gasteiger partial charge in [0.1, 0.15) is 6.04 Å². The van der Waals surface area contributed by atoms with E-state index in [9.17, 15) is 13.2 Å². The molecule has 0 saturated carbocycles. The van der Waals surface area contributed by atoms with Crippen LogP contribution in [0, 0.1) is 0 Å². The molecule has 2 aliphatic rings. The molecule has 5 rings (SSSR count). The van der Waals surface area contributed by atoms with Crippen molar-refractivity contribution in [2.24, 2.45) is 0 Å². The van der Waals surface area contributed by atoms with E-state index < -0.39 is 16.1 Å². The number of sulfonamides is 1. The first kappa shape index (κ1) is 19.8. The lowest BCUT2D eigenvalue weighted by Gasteiger charge is -2.23. The van der Waals surface area contributed by atoms with Gasteiger partial charge in [-0.05, 0) is 53.4 Å². The first-order valence-electron chi connectivity index (χ1n) is 10.2. The molecule has 1 fully saturated rings. The topological polar surface area (TPSA) is 84.9 Å². The van der Waals surface area contributed by atoms with E-state index in [1.54, 1.807) is 24.3 Å². The number of nitrogens with one attached hydrogen (secondary N) is 1. The zero-order valence-corrected chi connectivity index (χ0v) is 17.6. The Bertz CT molecular complexity index is 1260. The van der Waals surface area contributed by atoms with Gasteiger partial charge in [-0.1, -0.05) is 36.4 Å². The molecular formula is C23H22N2O5S. The quantitative estimate of drug-likeness (QED) is 0.662. The van der Waals surface area contributed by atoms with Gasteiger partial charge < -0.3 is 14.8 Å². The monoisotopic (exact) mass is 438 g/mol. The van der Waals surface area contributed by atoms with Crippen LogP contribution in [-0.4, -0.2) is 38.0 Å². The van der Waals surface area contributed by atoms with E-state index in [-0.39, 0.29) is 24.1 Å². The summed E-state index contributed by atoms with van der Waals surface area (Å²) >= 11 is 0. The predicted octanol–water partition coefficient (Wildman–Crippen LogP) is 3.04. The van der Waals surface area contributed by atoms with Crippen LogP contribution in [0.4, 0.5) is 0 Å². The fourth-order valence-electron chi connectivity index (χ4n) is 4.11. The highest BCUT2D eigenvalue weighted by atomic mass is 32.2. The van der Waals surface area contributed by atoms with Crippen molar-refractivity contribution in [1.82, 2.24) is 9.62 Å². The Kier molecular flexibility index (Phi) is 5.03. The van der Waals surface area contributed by atoms with Gasteiger partial charge in [-0.25, -0.2) is 8.42 Å². The Morgan fingerprint density at radius 1 is 1.00 bits per heavy atom. The number of amides is 1. The Labute approximate surface area is 180 Å². The van der Waals surface area contributed by atoms with Crippen molar-refractivity contribution in [2.45, 2.75) is 30.3 Å². The summed E-state index contributed by atoms with van der Waals surface area (Å²) in [7, 11) is -3.78. The molecule has 7 nitrogen and oxygen atoms in total. The number of hydrogen-bond acceptors (Lipinski definition) is 5. The van der Waals surface area contributed by atoms with Crippen LogP contribution in [0.3, 0.4) is 0 Å². The molecule has 31 heavy (non-hydrogen) atoms. The van der Waals surface area contributed by atoms with Crippen LogP contribution in [-0.2, 0) is 21.4 Å². The molecule has 8 heteroatoms. The summed E-state index contributed by atoms with van der Waals surface area (Å²) < 4.78 is 38.6. The van der Waals surface area contributed by atoms with Crippen LogP contribution in [0.15, 0.2) is 65.6 Å². The van der Waals surface area contributed by atoms with Crippen molar-refractivity contribution in [3.05, 3.63) is 66.2 Å². The minimum atomic E-state index is -3.78. The van der Waals surface area contributed by atoms with Crippen molar-refractivity contribution >= 4 is 26.7 Å². The van der Waals surface area contributed by atoms with Gasteiger partial charge in [-0.3, -0.25) is 4.79 Å². The number of carbonyl (C=O) groups is 1. The van der Waals surface area contributed by atoms with Crippen LogP contribution >= 0.6 is 0 Å². The molecule has 2 heterocycles. The summed E-state index contributed by atoms with van der Waals surface area (Å²) in [6, 6.07) is 17.4. The van der Waals surface area contributed by atoms with E-state index in [0.29, 0.717) is 30.9 Å². The highest BCUT2D eigenvalue weighted by molar-refractivity contribution is 7.89. The SMILES string of the molecule is O=C(NCc1ccc2c(c1)OCO2)[C@H]1CCCN1S(=O)(=O)c1ccc2ccccc2c1. The lowest BCUT2D eigenvalue weighted by atomic mass is 10.1. The van der Waals surface area contributed by atoms with E-state index >= 15 is 0 Å². The fourth-order valence-corrected chi connectivity index (χ4v) is 5.80.